The van der Waals surface area contributed by atoms with E-state index in [-0.39, 0.29) is 0 Å². The van der Waals surface area contributed by atoms with E-state index in [1.165, 1.54) is 19.4 Å². The first kappa shape index (κ1) is 13.8. The van der Waals surface area contributed by atoms with Crippen molar-refractivity contribution in [2.24, 2.45) is 0 Å². The van der Waals surface area contributed by atoms with Gasteiger partial charge in [0.25, 0.3) is 0 Å². The Bertz CT molecular complexity index is 113. The summed E-state index contributed by atoms with van der Waals surface area (Å²) >= 11 is -1.08. The molecule has 0 rings (SSSR count). The molecule has 0 heterocycles. The summed E-state index contributed by atoms with van der Waals surface area (Å²) in [6.07, 6.45) is 2.88. The van der Waals surface area contributed by atoms with Crippen molar-refractivity contribution in [1.29, 1.82) is 0 Å². The van der Waals surface area contributed by atoms with Gasteiger partial charge in [0, 0.05) is 0 Å². The first-order valence-electron chi connectivity index (χ1n) is 5.72. The predicted octanol–water partition coefficient (Wildman–Crippen LogP) is 3.25. The fourth-order valence-electron chi connectivity index (χ4n) is 1.85. The van der Waals surface area contributed by atoms with Crippen molar-refractivity contribution < 1.29 is 0 Å². The first-order chi connectivity index (χ1) is 6.07. The van der Waals surface area contributed by atoms with E-state index in [0.717, 1.165) is 3.67 Å². The van der Waals surface area contributed by atoms with Gasteiger partial charge in [-0.1, -0.05) is 0 Å². The summed E-state index contributed by atoms with van der Waals surface area (Å²) in [4.78, 5) is 2.31. The number of rotatable bonds is 7. The molecule has 78 valence electrons. The van der Waals surface area contributed by atoms with Crippen LogP contribution in [-0.4, -0.2) is 47.0 Å². The van der Waals surface area contributed by atoms with E-state index in [1.807, 2.05) is 0 Å². The number of nitrogens with zero attached hydrogens (tertiary/aromatic N) is 1. The molecule has 0 aliphatic carbocycles. The molecule has 1 nitrogen and oxygen atoms in total. The van der Waals surface area contributed by atoms with Crippen molar-refractivity contribution >= 4 is 21.4 Å². The van der Waals surface area contributed by atoms with Crippen LogP contribution in [0.1, 0.15) is 33.6 Å². The molecular formula is C11H26InN. The first-order valence-corrected chi connectivity index (χ1v) is 12.3. The zero-order valence-electron chi connectivity index (χ0n) is 10.1. The monoisotopic (exact) mass is 287 g/mol. The summed E-state index contributed by atoms with van der Waals surface area (Å²) in [5.74, 6) is 0. The second kappa shape index (κ2) is 8.16. The molecule has 0 fully saturated rings. The number of hydrogen-bond acceptors (Lipinski definition) is 1. The molecule has 13 heavy (non-hydrogen) atoms. The minimum atomic E-state index is -1.08. The second-order valence-corrected chi connectivity index (χ2v) is 16.2. The Kier molecular flexibility index (Phi) is 8.69. The van der Waals surface area contributed by atoms with Crippen LogP contribution in [0.4, 0.5) is 0 Å². The molecule has 2 heteroatoms. The third-order valence-corrected chi connectivity index (χ3v) is 15.2. The summed E-state index contributed by atoms with van der Waals surface area (Å²) in [5.41, 5.74) is 0. The maximum absolute atomic E-state index is 2.45. The van der Waals surface area contributed by atoms with Gasteiger partial charge in [-0.3, -0.25) is 0 Å². The van der Waals surface area contributed by atoms with Gasteiger partial charge in [0.2, 0.25) is 0 Å². The van der Waals surface area contributed by atoms with Gasteiger partial charge in [-0.05, 0) is 0 Å². The quantitative estimate of drug-likeness (QED) is 0.694. The zero-order chi connectivity index (χ0) is 10.3. The van der Waals surface area contributed by atoms with Crippen LogP contribution in [0.2, 0.25) is 12.0 Å². The minimum absolute atomic E-state index is 1.07. The molecule has 0 aromatic heterocycles. The Balaban J connectivity index is 3.57. The van der Waals surface area contributed by atoms with Crippen molar-refractivity contribution in [2.75, 3.05) is 20.6 Å². The van der Waals surface area contributed by atoms with E-state index < -0.39 is 21.4 Å². The van der Waals surface area contributed by atoms with Crippen LogP contribution >= 0.6 is 0 Å². The topological polar surface area (TPSA) is 3.24 Å². The summed E-state index contributed by atoms with van der Waals surface area (Å²) in [6, 6.07) is 0. The Labute approximate surface area is 92.4 Å². The van der Waals surface area contributed by atoms with E-state index in [0.29, 0.717) is 0 Å². The molecule has 0 saturated heterocycles. The molecule has 0 N–H and O–H groups in total. The van der Waals surface area contributed by atoms with Gasteiger partial charge >= 0.3 is 92.6 Å². The second-order valence-electron chi connectivity index (χ2n) is 4.74. The molecule has 0 aromatic carbocycles. The molecule has 0 radical (unpaired) electrons. The van der Waals surface area contributed by atoms with E-state index in [4.69, 9.17) is 0 Å². The van der Waals surface area contributed by atoms with Crippen LogP contribution in [0.25, 0.3) is 0 Å². The molecule has 0 atom stereocenters. The van der Waals surface area contributed by atoms with Gasteiger partial charge in [-0.2, -0.15) is 0 Å². The SMILES string of the molecule is CC[CH2][In]([CH2]CCN(C)C)[CH](C)C. The molecule has 0 saturated carbocycles. The summed E-state index contributed by atoms with van der Waals surface area (Å²) in [5, 5.41) is 0. The molecule has 0 unspecified atom stereocenters. The van der Waals surface area contributed by atoms with Crippen LogP contribution in [0.15, 0.2) is 0 Å². The van der Waals surface area contributed by atoms with Gasteiger partial charge in [0.1, 0.15) is 0 Å². The number of hydrogen-bond donors (Lipinski definition) is 0. The average molecular weight is 287 g/mol. The van der Waals surface area contributed by atoms with Gasteiger partial charge in [-0.15, -0.1) is 0 Å². The van der Waals surface area contributed by atoms with Gasteiger partial charge in [0.05, 0.1) is 0 Å². The molecular weight excluding hydrogens is 261 g/mol. The van der Waals surface area contributed by atoms with Crippen molar-refractivity contribution in [1.82, 2.24) is 4.90 Å². The Hall–Kier alpha value is 0.830. The summed E-state index contributed by atoms with van der Waals surface area (Å²) in [7, 11) is 4.36. The summed E-state index contributed by atoms with van der Waals surface area (Å²) < 4.78 is 4.31. The normalized spacial score (nSPS) is 11.3. The van der Waals surface area contributed by atoms with Gasteiger partial charge in [-0.25, -0.2) is 0 Å². The van der Waals surface area contributed by atoms with E-state index in [1.54, 1.807) is 8.35 Å². The molecule has 0 aromatic rings. The van der Waals surface area contributed by atoms with E-state index in [9.17, 15) is 0 Å². The van der Waals surface area contributed by atoms with Gasteiger partial charge in [0.15, 0.2) is 0 Å². The molecule has 0 aliphatic heterocycles. The molecule has 0 spiro atoms. The van der Waals surface area contributed by atoms with Crippen LogP contribution in [0.5, 0.6) is 0 Å². The third kappa shape index (κ3) is 7.87. The third-order valence-electron chi connectivity index (χ3n) is 2.78. The Morgan fingerprint density at radius 2 is 1.77 bits per heavy atom. The average Bonchev–Trinajstić information content (AvgIpc) is 2.02. The van der Waals surface area contributed by atoms with Crippen molar-refractivity contribution in [3.05, 3.63) is 0 Å². The van der Waals surface area contributed by atoms with Crippen molar-refractivity contribution in [2.45, 2.75) is 45.6 Å². The van der Waals surface area contributed by atoms with E-state index in [2.05, 4.69) is 39.8 Å². The fraction of sp³-hybridized carbons (Fsp3) is 1.00. The Morgan fingerprint density at radius 1 is 1.15 bits per heavy atom. The standard InChI is InChI=1S/C5H12N.2C3H7.In/c1-4-5-6(2)3;2*1-3-2;/h1,4-5H2,2-3H3;3H,1-2H3;1,3H2,2H3;. The fourth-order valence-corrected chi connectivity index (χ4v) is 10.6. The maximum atomic E-state index is 2.45. The Morgan fingerprint density at radius 3 is 2.15 bits per heavy atom. The zero-order valence-corrected chi connectivity index (χ0v) is 13.4. The van der Waals surface area contributed by atoms with Crippen LogP contribution in [0, 0.1) is 0 Å². The summed E-state index contributed by atoms with van der Waals surface area (Å²) in [6.45, 7) is 8.54. The van der Waals surface area contributed by atoms with Crippen LogP contribution < -0.4 is 0 Å². The molecule has 0 bridgehead atoms. The van der Waals surface area contributed by atoms with Crippen molar-refractivity contribution in [3.8, 4) is 0 Å². The molecule has 0 amide bonds. The van der Waals surface area contributed by atoms with Gasteiger partial charge < -0.3 is 0 Å². The predicted molar refractivity (Wildman–Crippen MR) is 63.9 cm³/mol. The van der Waals surface area contributed by atoms with Crippen LogP contribution in [0.3, 0.4) is 0 Å². The van der Waals surface area contributed by atoms with Crippen LogP contribution in [-0.2, 0) is 0 Å². The van der Waals surface area contributed by atoms with Crippen molar-refractivity contribution in [3.63, 3.8) is 0 Å². The molecule has 0 aliphatic rings. The van der Waals surface area contributed by atoms with E-state index >= 15 is 0 Å².